The van der Waals surface area contributed by atoms with Crippen LogP contribution in [0.25, 0.3) is 0 Å². The van der Waals surface area contributed by atoms with Crippen LogP contribution in [0.2, 0.25) is 0 Å². The Morgan fingerprint density at radius 2 is 2.44 bits per heavy atom. The Kier molecular flexibility index (Phi) is 3.61. The highest BCUT2D eigenvalue weighted by Crippen LogP contribution is 2.10. The van der Waals surface area contributed by atoms with Crippen molar-refractivity contribution in [3.05, 3.63) is 11.8 Å². The molecule has 0 saturated carbocycles. The number of piperazine rings is 1. The lowest BCUT2D eigenvalue weighted by molar-refractivity contribution is -0.127. The molecule has 1 aliphatic rings. The van der Waals surface area contributed by atoms with Gasteiger partial charge >= 0.3 is 0 Å². The van der Waals surface area contributed by atoms with E-state index in [1.54, 1.807) is 19.9 Å². The zero-order chi connectivity index (χ0) is 13.1. The summed E-state index contributed by atoms with van der Waals surface area (Å²) >= 11 is 0. The zero-order valence-corrected chi connectivity index (χ0v) is 10.4. The van der Waals surface area contributed by atoms with E-state index in [4.69, 9.17) is 4.52 Å². The zero-order valence-electron chi connectivity index (χ0n) is 10.4. The van der Waals surface area contributed by atoms with Gasteiger partial charge in [0, 0.05) is 19.2 Å². The van der Waals surface area contributed by atoms with Gasteiger partial charge in [0.2, 0.25) is 17.7 Å². The summed E-state index contributed by atoms with van der Waals surface area (Å²) in [7, 11) is 0. The summed E-state index contributed by atoms with van der Waals surface area (Å²) in [5.74, 6) is 0.0584. The summed E-state index contributed by atoms with van der Waals surface area (Å²) in [4.78, 5) is 25.0. The number of hydrogen-bond donors (Lipinski definition) is 2. The standard InChI is InChI=1S/C11H16N4O3/c1-7-5-10(18-14-7)13-11(17)8(2)15-4-3-12-9(16)6-15/h5,8H,3-4,6H2,1-2H3,(H,12,16)(H,13,17)/t8-/m0/s1. The summed E-state index contributed by atoms with van der Waals surface area (Å²) in [5, 5.41) is 9.04. The van der Waals surface area contributed by atoms with Gasteiger partial charge in [-0.05, 0) is 13.8 Å². The molecule has 1 aromatic heterocycles. The van der Waals surface area contributed by atoms with Gasteiger partial charge in [-0.1, -0.05) is 5.16 Å². The molecule has 1 atom stereocenters. The number of carbonyl (C=O) groups is 2. The number of amides is 2. The quantitative estimate of drug-likeness (QED) is 0.774. The number of rotatable bonds is 3. The third kappa shape index (κ3) is 2.86. The number of nitrogens with zero attached hydrogens (tertiary/aromatic N) is 2. The van der Waals surface area contributed by atoms with Crippen molar-refractivity contribution in [2.45, 2.75) is 19.9 Å². The second-order valence-electron chi connectivity index (χ2n) is 4.32. The number of aryl methyl sites for hydroxylation is 1. The molecule has 1 saturated heterocycles. The summed E-state index contributed by atoms with van der Waals surface area (Å²) in [6.45, 7) is 5.01. The average Bonchev–Trinajstić information content (AvgIpc) is 2.73. The lowest BCUT2D eigenvalue weighted by atomic mass is 10.2. The molecule has 0 radical (unpaired) electrons. The molecule has 1 aliphatic heterocycles. The number of hydrogen-bond acceptors (Lipinski definition) is 5. The predicted octanol–water partition coefficient (Wildman–Crippen LogP) is -0.258. The molecule has 2 rings (SSSR count). The van der Waals surface area contributed by atoms with Crippen molar-refractivity contribution in [1.82, 2.24) is 15.4 Å². The van der Waals surface area contributed by atoms with E-state index in [1.807, 2.05) is 4.90 Å². The van der Waals surface area contributed by atoms with E-state index in [-0.39, 0.29) is 24.4 Å². The Balaban J connectivity index is 1.93. The normalized spacial score (nSPS) is 18.2. The van der Waals surface area contributed by atoms with Gasteiger partial charge in [0.25, 0.3) is 0 Å². The van der Waals surface area contributed by atoms with Crippen molar-refractivity contribution < 1.29 is 14.1 Å². The molecular formula is C11H16N4O3. The number of anilines is 1. The van der Waals surface area contributed by atoms with Gasteiger partial charge in [-0.15, -0.1) is 0 Å². The van der Waals surface area contributed by atoms with E-state index in [0.29, 0.717) is 24.7 Å². The highest BCUT2D eigenvalue weighted by molar-refractivity contribution is 5.94. The van der Waals surface area contributed by atoms with Crippen LogP contribution in [0.3, 0.4) is 0 Å². The van der Waals surface area contributed by atoms with E-state index >= 15 is 0 Å². The first kappa shape index (κ1) is 12.6. The minimum Gasteiger partial charge on any atom is -0.354 e. The Hall–Kier alpha value is -1.89. The Bertz CT molecular complexity index is 457. The summed E-state index contributed by atoms with van der Waals surface area (Å²) in [5.41, 5.74) is 0.704. The fraction of sp³-hybridized carbons (Fsp3) is 0.545. The van der Waals surface area contributed by atoms with Crippen molar-refractivity contribution in [3.63, 3.8) is 0 Å². The smallest absolute Gasteiger partial charge is 0.243 e. The van der Waals surface area contributed by atoms with E-state index in [9.17, 15) is 9.59 Å². The van der Waals surface area contributed by atoms with Gasteiger partial charge < -0.3 is 9.84 Å². The first-order chi connectivity index (χ1) is 8.56. The maximum Gasteiger partial charge on any atom is 0.243 e. The van der Waals surface area contributed by atoms with E-state index in [2.05, 4.69) is 15.8 Å². The van der Waals surface area contributed by atoms with Gasteiger partial charge in [0.05, 0.1) is 18.3 Å². The van der Waals surface area contributed by atoms with E-state index in [1.165, 1.54) is 0 Å². The van der Waals surface area contributed by atoms with Crippen LogP contribution in [0.4, 0.5) is 5.88 Å². The molecule has 7 nitrogen and oxygen atoms in total. The molecule has 0 unspecified atom stereocenters. The molecule has 1 fully saturated rings. The molecule has 2 heterocycles. The van der Waals surface area contributed by atoms with Crippen molar-refractivity contribution in [1.29, 1.82) is 0 Å². The molecular weight excluding hydrogens is 236 g/mol. The van der Waals surface area contributed by atoms with Gasteiger partial charge in [0.15, 0.2) is 0 Å². The summed E-state index contributed by atoms with van der Waals surface area (Å²) < 4.78 is 4.91. The summed E-state index contributed by atoms with van der Waals surface area (Å²) in [6, 6.07) is 1.26. The van der Waals surface area contributed by atoms with Crippen LogP contribution in [0.1, 0.15) is 12.6 Å². The molecule has 0 aliphatic carbocycles. The van der Waals surface area contributed by atoms with Crippen LogP contribution in [-0.2, 0) is 9.59 Å². The minimum absolute atomic E-state index is 0.0589. The average molecular weight is 252 g/mol. The van der Waals surface area contributed by atoms with Crippen LogP contribution in [0.5, 0.6) is 0 Å². The summed E-state index contributed by atoms with van der Waals surface area (Å²) in [6.07, 6.45) is 0. The SMILES string of the molecule is Cc1cc(NC(=O)[C@H](C)N2CCNC(=O)C2)on1. The van der Waals surface area contributed by atoms with Crippen LogP contribution < -0.4 is 10.6 Å². The largest absolute Gasteiger partial charge is 0.354 e. The van der Waals surface area contributed by atoms with Crippen LogP contribution in [0.15, 0.2) is 10.6 Å². The first-order valence-corrected chi connectivity index (χ1v) is 5.81. The topological polar surface area (TPSA) is 87.5 Å². The fourth-order valence-electron chi connectivity index (χ4n) is 1.80. The molecule has 7 heteroatoms. The van der Waals surface area contributed by atoms with Crippen LogP contribution in [0, 0.1) is 6.92 Å². The van der Waals surface area contributed by atoms with Crippen molar-refractivity contribution in [2.24, 2.45) is 0 Å². The van der Waals surface area contributed by atoms with E-state index in [0.717, 1.165) is 0 Å². The van der Waals surface area contributed by atoms with Crippen molar-refractivity contribution in [3.8, 4) is 0 Å². The predicted molar refractivity (Wildman–Crippen MR) is 63.9 cm³/mol. The van der Waals surface area contributed by atoms with Gasteiger partial charge in [-0.3, -0.25) is 19.8 Å². The molecule has 2 amide bonds. The second-order valence-corrected chi connectivity index (χ2v) is 4.32. The van der Waals surface area contributed by atoms with Crippen molar-refractivity contribution in [2.75, 3.05) is 25.0 Å². The van der Waals surface area contributed by atoms with Gasteiger partial charge in [-0.2, -0.15) is 0 Å². The van der Waals surface area contributed by atoms with E-state index < -0.39 is 0 Å². The maximum atomic E-state index is 12.0. The van der Waals surface area contributed by atoms with Gasteiger partial charge in [0.1, 0.15) is 0 Å². The lowest BCUT2D eigenvalue weighted by Gasteiger charge is -2.30. The van der Waals surface area contributed by atoms with Crippen LogP contribution >= 0.6 is 0 Å². The molecule has 1 aromatic rings. The lowest BCUT2D eigenvalue weighted by Crippen LogP contribution is -2.53. The molecule has 2 N–H and O–H groups in total. The second kappa shape index (κ2) is 5.18. The maximum absolute atomic E-state index is 12.0. The fourth-order valence-corrected chi connectivity index (χ4v) is 1.80. The Labute approximate surface area is 104 Å². The number of carbonyl (C=O) groups excluding carboxylic acids is 2. The Morgan fingerprint density at radius 3 is 3.06 bits per heavy atom. The van der Waals surface area contributed by atoms with Gasteiger partial charge in [-0.25, -0.2) is 0 Å². The third-order valence-corrected chi connectivity index (χ3v) is 2.87. The number of aromatic nitrogens is 1. The molecule has 0 spiro atoms. The molecule has 18 heavy (non-hydrogen) atoms. The highest BCUT2D eigenvalue weighted by Gasteiger charge is 2.26. The molecule has 0 aromatic carbocycles. The first-order valence-electron chi connectivity index (χ1n) is 5.81. The van der Waals surface area contributed by atoms with Crippen LogP contribution in [-0.4, -0.2) is 47.5 Å². The Morgan fingerprint density at radius 1 is 1.67 bits per heavy atom. The highest BCUT2D eigenvalue weighted by atomic mass is 16.5. The molecule has 98 valence electrons. The monoisotopic (exact) mass is 252 g/mol. The third-order valence-electron chi connectivity index (χ3n) is 2.87. The minimum atomic E-state index is -0.388. The number of nitrogens with one attached hydrogen (secondary N) is 2. The molecule has 0 bridgehead atoms. The van der Waals surface area contributed by atoms with Crippen molar-refractivity contribution >= 4 is 17.7 Å².